The van der Waals surface area contributed by atoms with Crippen LogP contribution >= 0.6 is 0 Å². The third-order valence-corrected chi connectivity index (χ3v) is 2.80. The van der Waals surface area contributed by atoms with Crippen molar-refractivity contribution in [1.82, 2.24) is 5.32 Å². The number of nitrogens with one attached hydrogen (secondary N) is 1. The Morgan fingerprint density at radius 2 is 1.62 bits per heavy atom. The van der Waals surface area contributed by atoms with E-state index in [-0.39, 0.29) is 52.8 Å². The summed E-state index contributed by atoms with van der Waals surface area (Å²) < 4.78 is 0. The van der Waals surface area contributed by atoms with Crippen molar-refractivity contribution in [2.24, 2.45) is 10.2 Å². The molecular formula is C15H10N3NaO5. The largest absolute Gasteiger partial charge is 1.00 e. The Morgan fingerprint density at radius 3 is 2.21 bits per heavy atom. The standard InChI is InChI=1S/C15H11N3O5.Na/c19-8-16-14(21)9-1-3-10(4-2-9)17-18-11-5-6-13(20)12(7-11)15(22)23;/h1-8,20H,(H,22,23)(H,16,19,21);/q;+1/p-1. The fourth-order valence-electron chi connectivity index (χ4n) is 1.68. The molecule has 8 nitrogen and oxygen atoms in total. The van der Waals surface area contributed by atoms with Crippen LogP contribution in [-0.4, -0.2) is 23.4 Å². The van der Waals surface area contributed by atoms with E-state index in [1.54, 1.807) is 0 Å². The van der Waals surface area contributed by atoms with Crippen LogP contribution in [0.15, 0.2) is 52.7 Å². The predicted molar refractivity (Wildman–Crippen MR) is 76.6 cm³/mol. The van der Waals surface area contributed by atoms with Crippen LogP contribution in [0.25, 0.3) is 0 Å². The number of aromatic hydroxyl groups is 1. The topological polar surface area (TPSA) is 131 Å². The molecule has 0 unspecified atom stereocenters. The van der Waals surface area contributed by atoms with Crippen LogP contribution in [0.3, 0.4) is 0 Å². The molecule has 2 rings (SSSR count). The minimum Gasteiger partial charge on any atom is -0.545 e. The van der Waals surface area contributed by atoms with E-state index >= 15 is 0 Å². The molecule has 9 heteroatoms. The first-order valence-electron chi connectivity index (χ1n) is 6.32. The maximum atomic E-state index is 11.4. The molecule has 2 amide bonds. The van der Waals surface area contributed by atoms with E-state index in [9.17, 15) is 24.6 Å². The molecule has 0 aromatic heterocycles. The number of aromatic carboxylic acids is 1. The molecule has 0 bridgehead atoms. The van der Waals surface area contributed by atoms with E-state index in [1.807, 2.05) is 5.32 Å². The van der Waals surface area contributed by atoms with E-state index < -0.39 is 17.6 Å². The molecule has 0 heterocycles. The van der Waals surface area contributed by atoms with Crippen LogP contribution < -0.4 is 40.0 Å². The number of carboxylic acids is 1. The summed E-state index contributed by atoms with van der Waals surface area (Å²) >= 11 is 0. The molecule has 0 spiro atoms. The van der Waals surface area contributed by atoms with Crippen molar-refractivity contribution in [3.63, 3.8) is 0 Å². The summed E-state index contributed by atoms with van der Waals surface area (Å²) in [6.07, 6.45) is 0.287. The molecular weight excluding hydrogens is 325 g/mol. The van der Waals surface area contributed by atoms with Crippen molar-refractivity contribution >= 4 is 29.7 Å². The van der Waals surface area contributed by atoms with Crippen LogP contribution in [0.4, 0.5) is 11.4 Å². The average Bonchev–Trinajstić information content (AvgIpc) is 2.54. The molecule has 0 aliphatic carbocycles. The molecule has 2 N–H and O–H groups in total. The van der Waals surface area contributed by atoms with Gasteiger partial charge in [0.1, 0.15) is 5.75 Å². The number of carbonyl (C=O) groups is 3. The molecule has 116 valence electrons. The van der Waals surface area contributed by atoms with E-state index in [0.717, 1.165) is 6.07 Å². The molecule has 0 atom stereocenters. The van der Waals surface area contributed by atoms with Gasteiger partial charge in [0.15, 0.2) is 0 Å². The van der Waals surface area contributed by atoms with Gasteiger partial charge in [-0.1, -0.05) is 0 Å². The maximum Gasteiger partial charge on any atom is 1.00 e. The Balaban J connectivity index is 0.00000288. The Hall–Kier alpha value is -2.55. The van der Waals surface area contributed by atoms with Gasteiger partial charge in [-0.05, 0) is 42.5 Å². The van der Waals surface area contributed by atoms with Gasteiger partial charge in [-0.25, -0.2) is 0 Å². The number of rotatable bonds is 5. The Labute approximate surface area is 158 Å². The number of imide groups is 1. The molecule has 0 aliphatic rings. The number of phenols is 1. The van der Waals surface area contributed by atoms with Crippen LogP contribution in [0, 0.1) is 0 Å². The Morgan fingerprint density at radius 1 is 1.04 bits per heavy atom. The summed E-state index contributed by atoms with van der Waals surface area (Å²) in [4.78, 5) is 32.4. The minimum absolute atomic E-state index is 0. The summed E-state index contributed by atoms with van der Waals surface area (Å²) in [5, 5.41) is 29.9. The first-order chi connectivity index (χ1) is 11.0. The average molecular weight is 335 g/mol. The number of amides is 2. The van der Waals surface area contributed by atoms with E-state index in [4.69, 9.17) is 0 Å². The number of carboxylic acid groups (broad SMARTS) is 1. The van der Waals surface area contributed by atoms with Gasteiger partial charge < -0.3 is 15.0 Å². The molecule has 0 radical (unpaired) electrons. The van der Waals surface area contributed by atoms with Gasteiger partial charge in [-0.2, -0.15) is 10.2 Å². The van der Waals surface area contributed by atoms with E-state index in [1.165, 1.54) is 36.4 Å². The molecule has 0 fully saturated rings. The molecule has 24 heavy (non-hydrogen) atoms. The van der Waals surface area contributed by atoms with Crippen molar-refractivity contribution in [1.29, 1.82) is 0 Å². The van der Waals surface area contributed by atoms with Crippen molar-refractivity contribution < 1.29 is 54.2 Å². The number of carbonyl (C=O) groups excluding carboxylic acids is 3. The zero-order valence-electron chi connectivity index (χ0n) is 12.6. The molecule has 0 aliphatic heterocycles. The van der Waals surface area contributed by atoms with Gasteiger partial charge in [0.2, 0.25) is 6.41 Å². The summed E-state index contributed by atoms with van der Waals surface area (Å²) in [6, 6.07) is 9.60. The molecule has 2 aromatic carbocycles. The zero-order chi connectivity index (χ0) is 16.8. The van der Waals surface area contributed by atoms with Gasteiger partial charge in [0.05, 0.1) is 17.3 Å². The maximum absolute atomic E-state index is 11.4. The van der Waals surface area contributed by atoms with E-state index in [2.05, 4.69) is 10.2 Å². The van der Waals surface area contributed by atoms with Crippen LogP contribution in [0.2, 0.25) is 0 Å². The van der Waals surface area contributed by atoms with Gasteiger partial charge >= 0.3 is 29.6 Å². The number of hydrogen-bond acceptors (Lipinski definition) is 7. The Kier molecular flexibility index (Phi) is 7.25. The second-order valence-electron chi connectivity index (χ2n) is 4.33. The first kappa shape index (κ1) is 19.5. The quantitative estimate of drug-likeness (QED) is 0.373. The monoisotopic (exact) mass is 335 g/mol. The zero-order valence-corrected chi connectivity index (χ0v) is 14.6. The second kappa shape index (κ2) is 8.92. The van der Waals surface area contributed by atoms with Crippen molar-refractivity contribution in [2.75, 3.05) is 0 Å². The summed E-state index contributed by atoms with van der Waals surface area (Å²) in [5.41, 5.74) is 0.516. The van der Waals surface area contributed by atoms with Crippen molar-refractivity contribution in [2.45, 2.75) is 0 Å². The number of benzene rings is 2. The van der Waals surface area contributed by atoms with Crippen LogP contribution in [0.1, 0.15) is 20.7 Å². The number of azo groups is 1. The van der Waals surface area contributed by atoms with Gasteiger partial charge in [-0.15, -0.1) is 0 Å². The third-order valence-electron chi connectivity index (χ3n) is 2.80. The van der Waals surface area contributed by atoms with Crippen molar-refractivity contribution in [3.05, 3.63) is 53.6 Å². The van der Waals surface area contributed by atoms with Gasteiger partial charge in [0, 0.05) is 11.1 Å². The first-order valence-corrected chi connectivity index (χ1v) is 6.32. The summed E-state index contributed by atoms with van der Waals surface area (Å²) in [5.74, 6) is -2.49. The number of hydrogen-bond donors (Lipinski definition) is 2. The molecule has 0 saturated heterocycles. The second-order valence-corrected chi connectivity index (χ2v) is 4.33. The Bertz CT molecular complexity index is 790. The fraction of sp³-hybridized carbons (Fsp3) is 0. The van der Waals surface area contributed by atoms with Crippen LogP contribution in [0.5, 0.6) is 5.75 Å². The number of nitrogens with zero attached hydrogens (tertiary/aromatic N) is 2. The summed E-state index contributed by atoms with van der Waals surface area (Å²) in [6.45, 7) is 0. The van der Waals surface area contributed by atoms with Gasteiger partial charge in [-0.3, -0.25) is 14.9 Å². The normalized spacial score (nSPS) is 10.0. The summed E-state index contributed by atoms with van der Waals surface area (Å²) in [7, 11) is 0. The minimum atomic E-state index is -1.52. The molecule has 0 saturated carbocycles. The van der Waals surface area contributed by atoms with Crippen molar-refractivity contribution in [3.8, 4) is 5.75 Å². The SMILES string of the molecule is O=CNC(=O)c1ccc(N=Nc2ccc(O)c(C(=O)[O-])c2)cc1.[Na+]. The predicted octanol–water partition coefficient (Wildman–Crippen LogP) is -1.94. The third kappa shape index (κ3) is 4.98. The smallest absolute Gasteiger partial charge is 0.545 e. The van der Waals surface area contributed by atoms with E-state index in [0.29, 0.717) is 5.69 Å². The van der Waals surface area contributed by atoms with Crippen LogP contribution in [-0.2, 0) is 4.79 Å². The fourth-order valence-corrected chi connectivity index (χ4v) is 1.68. The molecule has 2 aromatic rings. The van der Waals surface area contributed by atoms with Gasteiger partial charge in [0.25, 0.3) is 5.91 Å².